The van der Waals surface area contributed by atoms with Crippen LogP contribution in [0.4, 0.5) is 0 Å². The summed E-state index contributed by atoms with van der Waals surface area (Å²) in [6.45, 7) is 0. The predicted molar refractivity (Wildman–Crippen MR) is 101 cm³/mol. The molecule has 1 saturated carbocycles. The minimum Gasteiger partial charge on any atom is -0.496 e. The Hall–Kier alpha value is -2.47. The van der Waals surface area contributed by atoms with Crippen molar-refractivity contribution in [1.82, 2.24) is 5.32 Å². The van der Waals surface area contributed by atoms with Crippen LogP contribution in [0.25, 0.3) is 0 Å². The van der Waals surface area contributed by atoms with Crippen LogP contribution in [-0.2, 0) is 9.53 Å². The van der Waals surface area contributed by atoms with E-state index in [1.54, 1.807) is 36.0 Å². The molecule has 1 atom stereocenters. The third kappa shape index (κ3) is 4.38. The van der Waals surface area contributed by atoms with Gasteiger partial charge in [0.15, 0.2) is 0 Å². The van der Waals surface area contributed by atoms with Crippen molar-refractivity contribution in [2.45, 2.75) is 29.9 Å². The number of hydrogen-bond acceptors (Lipinski definition) is 5. The van der Waals surface area contributed by atoms with Gasteiger partial charge in [0.05, 0.1) is 7.11 Å². The number of amides is 1. The van der Waals surface area contributed by atoms with E-state index in [-0.39, 0.29) is 11.9 Å². The molecule has 0 radical (unpaired) electrons. The summed E-state index contributed by atoms with van der Waals surface area (Å²) in [5.41, 5.74) is 0.934. The summed E-state index contributed by atoms with van der Waals surface area (Å²) >= 11 is 1.55. The summed E-state index contributed by atoms with van der Waals surface area (Å²) < 4.78 is 10.9. The van der Waals surface area contributed by atoms with Crippen molar-refractivity contribution in [3.63, 3.8) is 0 Å². The number of methoxy groups -OCH3 is 1. The quantitative estimate of drug-likeness (QED) is 0.595. The van der Waals surface area contributed by atoms with Crippen LogP contribution in [0, 0.1) is 0 Å². The molecule has 1 fully saturated rings. The molecule has 5 nitrogen and oxygen atoms in total. The number of carbonyl (C=O) groups is 2. The van der Waals surface area contributed by atoms with Gasteiger partial charge < -0.3 is 14.8 Å². The van der Waals surface area contributed by atoms with Gasteiger partial charge >= 0.3 is 5.97 Å². The van der Waals surface area contributed by atoms with Crippen LogP contribution >= 0.6 is 11.8 Å². The second kappa shape index (κ2) is 8.27. The van der Waals surface area contributed by atoms with Gasteiger partial charge in [0.1, 0.15) is 11.3 Å². The smallest absolute Gasteiger partial charge is 0.343 e. The van der Waals surface area contributed by atoms with Crippen LogP contribution < -0.4 is 10.1 Å². The number of hydrogen-bond donors (Lipinski definition) is 1. The SMILES string of the molecule is COc1cc(SC)ccc1C(=O)O[C@@H](C(=O)NC1CC1)c1ccccc1. The predicted octanol–water partition coefficient (Wildman–Crippen LogP) is 3.59. The fourth-order valence-electron chi connectivity index (χ4n) is 2.54. The lowest BCUT2D eigenvalue weighted by Gasteiger charge is -2.19. The molecule has 0 aromatic heterocycles. The van der Waals surface area contributed by atoms with E-state index in [2.05, 4.69) is 5.32 Å². The Kier molecular flexibility index (Phi) is 5.83. The molecule has 0 bridgehead atoms. The maximum Gasteiger partial charge on any atom is 0.343 e. The minimum absolute atomic E-state index is 0.183. The summed E-state index contributed by atoms with van der Waals surface area (Å²) in [7, 11) is 1.50. The van der Waals surface area contributed by atoms with Crippen molar-refractivity contribution >= 4 is 23.6 Å². The third-order valence-electron chi connectivity index (χ3n) is 4.12. The van der Waals surface area contributed by atoms with Crippen molar-refractivity contribution < 1.29 is 19.1 Å². The lowest BCUT2D eigenvalue weighted by atomic mass is 10.1. The molecule has 1 amide bonds. The lowest BCUT2D eigenvalue weighted by molar-refractivity contribution is -0.130. The Labute approximate surface area is 157 Å². The van der Waals surface area contributed by atoms with E-state index in [9.17, 15) is 9.59 Å². The Bertz CT molecular complexity index is 790. The number of ether oxygens (including phenoxy) is 2. The van der Waals surface area contributed by atoms with Crippen LogP contribution in [0.3, 0.4) is 0 Å². The van der Waals surface area contributed by atoms with E-state index < -0.39 is 12.1 Å². The second-order valence-electron chi connectivity index (χ2n) is 6.05. The molecular formula is C20H21NO4S. The largest absolute Gasteiger partial charge is 0.496 e. The van der Waals surface area contributed by atoms with E-state index in [0.717, 1.165) is 17.7 Å². The van der Waals surface area contributed by atoms with Crippen LogP contribution in [0.5, 0.6) is 5.75 Å². The van der Waals surface area contributed by atoms with E-state index in [1.807, 2.05) is 30.5 Å². The van der Waals surface area contributed by atoms with Gasteiger partial charge in [0.25, 0.3) is 5.91 Å². The monoisotopic (exact) mass is 371 g/mol. The van der Waals surface area contributed by atoms with Crippen molar-refractivity contribution in [1.29, 1.82) is 0 Å². The van der Waals surface area contributed by atoms with Gasteiger partial charge in [-0.05, 0) is 37.3 Å². The molecule has 6 heteroatoms. The lowest BCUT2D eigenvalue weighted by Crippen LogP contribution is -2.33. The molecule has 26 heavy (non-hydrogen) atoms. The topological polar surface area (TPSA) is 64.6 Å². The number of benzene rings is 2. The molecule has 0 aliphatic heterocycles. The third-order valence-corrected chi connectivity index (χ3v) is 4.84. The molecule has 1 aliphatic carbocycles. The number of thioether (sulfide) groups is 1. The molecule has 1 aliphatic rings. The van der Waals surface area contributed by atoms with Crippen LogP contribution in [0.15, 0.2) is 53.4 Å². The summed E-state index contributed by atoms with van der Waals surface area (Å²) in [6.07, 6.45) is 2.88. The van der Waals surface area contributed by atoms with Crippen molar-refractivity contribution in [3.8, 4) is 5.75 Å². The Balaban J connectivity index is 1.84. The second-order valence-corrected chi connectivity index (χ2v) is 6.92. The van der Waals surface area contributed by atoms with Crippen molar-refractivity contribution in [3.05, 3.63) is 59.7 Å². The van der Waals surface area contributed by atoms with Crippen molar-refractivity contribution in [2.75, 3.05) is 13.4 Å². The van der Waals surface area contributed by atoms with E-state index in [0.29, 0.717) is 16.9 Å². The van der Waals surface area contributed by atoms with E-state index in [4.69, 9.17) is 9.47 Å². The number of esters is 1. The van der Waals surface area contributed by atoms with Crippen LogP contribution in [0.2, 0.25) is 0 Å². The highest BCUT2D eigenvalue weighted by molar-refractivity contribution is 7.98. The molecule has 136 valence electrons. The van der Waals surface area contributed by atoms with Gasteiger partial charge in [0.2, 0.25) is 6.10 Å². The highest BCUT2D eigenvalue weighted by atomic mass is 32.2. The summed E-state index contributed by atoms with van der Waals surface area (Å²) in [5, 5.41) is 2.91. The maximum atomic E-state index is 12.7. The fraction of sp³-hybridized carbons (Fsp3) is 0.300. The highest BCUT2D eigenvalue weighted by Crippen LogP contribution is 2.29. The number of carbonyl (C=O) groups excluding carboxylic acids is 2. The summed E-state index contributed by atoms with van der Waals surface area (Å²) in [6, 6.07) is 14.5. The van der Waals surface area contributed by atoms with Gasteiger partial charge in [0, 0.05) is 16.5 Å². The molecule has 2 aromatic carbocycles. The van der Waals surface area contributed by atoms with E-state index in [1.165, 1.54) is 7.11 Å². The molecule has 1 N–H and O–H groups in total. The van der Waals surface area contributed by atoms with Gasteiger partial charge in [-0.3, -0.25) is 4.79 Å². The van der Waals surface area contributed by atoms with Gasteiger partial charge in [-0.15, -0.1) is 11.8 Å². The van der Waals surface area contributed by atoms with Crippen molar-refractivity contribution in [2.24, 2.45) is 0 Å². The Morgan fingerprint density at radius 2 is 1.88 bits per heavy atom. The first-order valence-corrected chi connectivity index (χ1v) is 9.63. The Morgan fingerprint density at radius 1 is 1.15 bits per heavy atom. The zero-order valence-corrected chi connectivity index (χ0v) is 15.5. The van der Waals surface area contributed by atoms with E-state index >= 15 is 0 Å². The average Bonchev–Trinajstić information content (AvgIpc) is 3.49. The highest BCUT2D eigenvalue weighted by Gasteiger charge is 2.31. The zero-order chi connectivity index (χ0) is 18.5. The fourth-order valence-corrected chi connectivity index (χ4v) is 2.97. The molecule has 0 unspecified atom stereocenters. The van der Waals surface area contributed by atoms with Gasteiger partial charge in [-0.25, -0.2) is 4.79 Å². The minimum atomic E-state index is -0.991. The normalized spacial score (nSPS) is 14.4. The average molecular weight is 371 g/mol. The van der Waals surface area contributed by atoms with Gasteiger partial charge in [-0.1, -0.05) is 30.3 Å². The molecule has 0 saturated heterocycles. The molecular weight excluding hydrogens is 350 g/mol. The Morgan fingerprint density at radius 3 is 2.50 bits per heavy atom. The molecule has 0 spiro atoms. The molecule has 0 heterocycles. The van der Waals surface area contributed by atoms with Crippen LogP contribution in [-0.4, -0.2) is 31.3 Å². The molecule has 2 aromatic rings. The van der Waals surface area contributed by atoms with Crippen LogP contribution in [0.1, 0.15) is 34.9 Å². The first kappa shape index (κ1) is 18.3. The molecule has 3 rings (SSSR count). The number of rotatable bonds is 7. The standard InChI is InChI=1S/C20H21NO4S/c1-24-17-12-15(26-2)10-11-16(17)20(23)25-18(13-6-4-3-5-7-13)19(22)21-14-8-9-14/h3-7,10-12,14,18H,8-9H2,1-2H3,(H,21,22)/t18-/m1/s1. The summed E-state index contributed by atoms with van der Waals surface area (Å²) in [4.78, 5) is 26.3. The number of nitrogens with one attached hydrogen (secondary N) is 1. The zero-order valence-electron chi connectivity index (χ0n) is 14.7. The first-order valence-electron chi connectivity index (χ1n) is 8.40. The first-order chi connectivity index (χ1) is 12.6. The summed E-state index contributed by atoms with van der Waals surface area (Å²) in [5.74, 6) is -0.461. The van der Waals surface area contributed by atoms with Gasteiger partial charge in [-0.2, -0.15) is 0 Å². The maximum absolute atomic E-state index is 12.7.